The molecule has 0 bridgehead atoms. The van der Waals surface area contributed by atoms with E-state index in [1.165, 1.54) is 12.1 Å². The lowest BCUT2D eigenvalue weighted by atomic mass is 10.1. The number of hydrazine groups is 1. The summed E-state index contributed by atoms with van der Waals surface area (Å²) >= 11 is 0. The van der Waals surface area contributed by atoms with Gasteiger partial charge in [0.25, 0.3) is 5.91 Å². The summed E-state index contributed by atoms with van der Waals surface area (Å²) in [5.74, 6) is -0.580. The van der Waals surface area contributed by atoms with Crippen molar-refractivity contribution in [2.24, 2.45) is 0 Å². The maximum atomic E-state index is 12.5. The Labute approximate surface area is 154 Å². The van der Waals surface area contributed by atoms with Crippen molar-refractivity contribution in [3.63, 3.8) is 0 Å². The topological polar surface area (TPSA) is 67.4 Å². The Hall–Kier alpha value is -3.03. The van der Waals surface area contributed by atoms with E-state index >= 15 is 0 Å². The van der Waals surface area contributed by atoms with E-state index in [1.807, 2.05) is 19.9 Å². The van der Waals surface area contributed by atoms with E-state index in [0.29, 0.717) is 11.3 Å². The Kier molecular flexibility index (Phi) is 6.44. The van der Waals surface area contributed by atoms with Crippen LogP contribution in [0.1, 0.15) is 22.3 Å². The smallest absolute Gasteiger partial charge is 0.416 e. The van der Waals surface area contributed by atoms with Crippen LogP contribution in [0.5, 0.6) is 5.75 Å². The van der Waals surface area contributed by atoms with Crippen LogP contribution in [0.4, 0.5) is 13.2 Å². The minimum absolute atomic E-state index is 0.170. The lowest BCUT2D eigenvalue weighted by molar-refractivity contribution is -0.137. The van der Waals surface area contributed by atoms with Crippen LogP contribution in [0.2, 0.25) is 0 Å². The molecular formula is C19H19F3N2O3. The van der Waals surface area contributed by atoms with Crippen molar-refractivity contribution in [2.45, 2.75) is 26.4 Å². The number of hydrogen-bond donors (Lipinski definition) is 2. The second-order valence-corrected chi connectivity index (χ2v) is 6.08. The standard InChI is InChI=1S/C19H19F3N2O3/c1-12-7-13(2)9-16(8-12)27-11-18(26)24-23-17(25)10-14-3-5-15(6-4-14)19(20,21)22/h3-9H,10-11H2,1-2H3,(H,23,25)(H,24,26). The summed E-state index contributed by atoms with van der Waals surface area (Å²) in [6.45, 7) is 3.52. The number of ether oxygens (including phenoxy) is 1. The van der Waals surface area contributed by atoms with Gasteiger partial charge in [-0.25, -0.2) is 0 Å². The highest BCUT2D eigenvalue weighted by molar-refractivity contribution is 5.83. The van der Waals surface area contributed by atoms with E-state index in [0.717, 1.165) is 23.3 Å². The molecule has 0 heterocycles. The van der Waals surface area contributed by atoms with E-state index < -0.39 is 23.6 Å². The van der Waals surface area contributed by atoms with Crippen LogP contribution in [0, 0.1) is 13.8 Å². The van der Waals surface area contributed by atoms with Gasteiger partial charge in [-0.2, -0.15) is 13.2 Å². The number of rotatable bonds is 5. The third-order valence-electron chi connectivity index (χ3n) is 3.55. The van der Waals surface area contributed by atoms with Crippen LogP contribution in [-0.2, 0) is 22.2 Å². The summed E-state index contributed by atoms with van der Waals surface area (Å²) in [4.78, 5) is 23.5. The quantitative estimate of drug-likeness (QED) is 0.784. The SMILES string of the molecule is Cc1cc(C)cc(OCC(=O)NNC(=O)Cc2ccc(C(F)(F)F)cc2)c1. The van der Waals surface area contributed by atoms with Gasteiger partial charge < -0.3 is 4.74 Å². The molecule has 0 fully saturated rings. The fourth-order valence-electron chi connectivity index (χ4n) is 2.38. The van der Waals surface area contributed by atoms with Gasteiger partial charge in [0, 0.05) is 0 Å². The van der Waals surface area contributed by atoms with Crippen LogP contribution in [0.25, 0.3) is 0 Å². The van der Waals surface area contributed by atoms with E-state index in [1.54, 1.807) is 12.1 Å². The first kappa shape index (κ1) is 20.3. The van der Waals surface area contributed by atoms with E-state index in [-0.39, 0.29) is 13.0 Å². The van der Waals surface area contributed by atoms with Gasteiger partial charge in [0.05, 0.1) is 12.0 Å². The average Bonchev–Trinajstić information content (AvgIpc) is 2.57. The maximum absolute atomic E-state index is 12.5. The molecule has 27 heavy (non-hydrogen) atoms. The van der Waals surface area contributed by atoms with Gasteiger partial charge in [-0.1, -0.05) is 18.2 Å². The van der Waals surface area contributed by atoms with Gasteiger partial charge in [-0.05, 0) is 54.8 Å². The molecule has 0 spiro atoms. The van der Waals surface area contributed by atoms with E-state index in [4.69, 9.17) is 4.74 Å². The lowest BCUT2D eigenvalue weighted by Crippen LogP contribution is -2.44. The van der Waals surface area contributed by atoms with Crippen LogP contribution >= 0.6 is 0 Å². The fraction of sp³-hybridized carbons (Fsp3) is 0.263. The number of alkyl halides is 3. The Morgan fingerprint density at radius 1 is 0.926 bits per heavy atom. The zero-order valence-corrected chi connectivity index (χ0v) is 14.8. The molecule has 0 saturated carbocycles. The van der Waals surface area contributed by atoms with Gasteiger partial charge in [0.2, 0.25) is 5.91 Å². The number of benzene rings is 2. The predicted molar refractivity (Wildman–Crippen MR) is 92.8 cm³/mol. The van der Waals surface area contributed by atoms with Crippen molar-refractivity contribution in [1.29, 1.82) is 0 Å². The van der Waals surface area contributed by atoms with Gasteiger partial charge >= 0.3 is 6.18 Å². The molecule has 144 valence electrons. The molecule has 2 amide bonds. The summed E-state index contributed by atoms with van der Waals surface area (Å²) in [6, 6.07) is 9.76. The van der Waals surface area contributed by atoms with Crippen molar-refractivity contribution in [2.75, 3.05) is 6.61 Å². The normalized spacial score (nSPS) is 11.0. The lowest BCUT2D eigenvalue weighted by Gasteiger charge is -2.10. The molecule has 0 aliphatic carbocycles. The van der Waals surface area contributed by atoms with Gasteiger partial charge in [0.1, 0.15) is 5.75 Å². The molecule has 2 rings (SSSR count). The maximum Gasteiger partial charge on any atom is 0.416 e. The number of carbonyl (C=O) groups excluding carboxylic acids is 2. The largest absolute Gasteiger partial charge is 0.484 e. The van der Waals surface area contributed by atoms with Crippen LogP contribution in [0.3, 0.4) is 0 Å². The van der Waals surface area contributed by atoms with Crippen LogP contribution < -0.4 is 15.6 Å². The second-order valence-electron chi connectivity index (χ2n) is 6.08. The Bertz CT molecular complexity index is 798. The number of carbonyl (C=O) groups is 2. The second kappa shape index (κ2) is 8.57. The molecule has 0 atom stereocenters. The first-order valence-corrected chi connectivity index (χ1v) is 8.08. The number of nitrogens with one attached hydrogen (secondary N) is 2. The highest BCUT2D eigenvalue weighted by Gasteiger charge is 2.29. The molecule has 0 aliphatic heterocycles. The van der Waals surface area contributed by atoms with Crippen molar-refractivity contribution in [3.8, 4) is 5.75 Å². The minimum atomic E-state index is -4.43. The van der Waals surface area contributed by atoms with Crippen LogP contribution in [-0.4, -0.2) is 18.4 Å². The molecule has 5 nitrogen and oxygen atoms in total. The fourth-order valence-corrected chi connectivity index (χ4v) is 2.38. The number of hydrogen-bond acceptors (Lipinski definition) is 3. The molecule has 0 saturated heterocycles. The Morgan fingerprint density at radius 3 is 2.04 bits per heavy atom. The van der Waals surface area contributed by atoms with E-state index in [9.17, 15) is 22.8 Å². The molecule has 0 radical (unpaired) electrons. The Morgan fingerprint density at radius 2 is 1.48 bits per heavy atom. The van der Waals surface area contributed by atoms with Gasteiger partial charge in [0.15, 0.2) is 6.61 Å². The van der Waals surface area contributed by atoms with Crippen molar-refractivity contribution < 1.29 is 27.5 Å². The van der Waals surface area contributed by atoms with Crippen molar-refractivity contribution in [1.82, 2.24) is 10.9 Å². The molecule has 0 aromatic heterocycles. The first-order chi connectivity index (χ1) is 12.6. The molecule has 8 heteroatoms. The molecule has 2 aromatic rings. The van der Waals surface area contributed by atoms with Crippen LogP contribution in [0.15, 0.2) is 42.5 Å². The average molecular weight is 380 g/mol. The molecule has 0 unspecified atom stereocenters. The number of halogens is 3. The monoisotopic (exact) mass is 380 g/mol. The number of aryl methyl sites for hydroxylation is 2. The van der Waals surface area contributed by atoms with E-state index in [2.05, 4.69) is 10.9 Å². The summed E-state index contributed by atoms with van der Waals surface area (Å²) < 4.78 is 42.8. The minimum Gasteiger partial charge on any atom is -0.484 e. The first-order valence-electron chi connectivity index (χ1n) is 8.08. The van der Waals surface area contributed by atoms with Crippen molar-refractivity contribution in [3.05, 3.63) is 64.7 Å². The summed E-state index contributed by atoms with van der Waals surface area (Å²) in [6.07, 6.45) is -4.60. The highest BCUT2D eigenvalue weighted by Crippen LogP contribution is 2.29. The Balaban J connectivity index is 1.77. The number of amides is 2. The molecular weight excluding hydrogens is 361 g/mol. The third kappa shape index (κ3) is 6.65. The van der Waals surface area contributed by atoms with Gasteiger partial charge in [-0.3, -0.25) is 20.4 Å². The summed E-state index contributed by atoms with van der Waals surface area (Å²) in [5.41, 5.74) is 5.98. The van der Waals surface area contributed by atoms with Gasteiger partial charge in [-0.15, -0.1) is 0 Å². The summed E-state index contributed by atoms with van der Waals surface area (Å²) in [7, 11) is 0. The molecule has 2 N–H and O–H groups in total. The van der Waals surface area contributed by atoms with Crippen molar-refractivity contribution >= 4 is 11.8 Å². The zero-order chi connectivity index (χ0) is 20.0. The molecule has 2 aromatic carbocycles. The highest BCUT2D eigenvalue weighted by atomic mass is 19.4. The zero-order valence-electron chi connectivity index (χ0n) is 14.8. The predicted octanol–water partition coefficient (Wildman–Crippen LogP) is 3.09. The summed E-state index contributed by atoms with van der Waals surface area (Å²) in [5, 5.41) is 0. The molecule has 0 aliphatic rings. The third-order valence-corrected chi connectivity index (χ3v) is 3.55.